The van der Waals surface area contributed by atoms with E-state index in [1.165, 1.54) is 29.3 Å². The van der Waals surface area contributed by atoms with Gasteiger partial charge in [0, 0.05) is 0 Å². The number of alkyl halides is 3. The Labute approximate surface area is 217 Å². The number of hydrogen-bond acceptors (Lipinski definition) is 6. The average molecular weight is 527 g/mol. The number of carbonyl (C=O) groups is 2. The molecule has 10 heteroatoms. The SMILES string of the molecule is CCCCOc1ccc(N2C(=O)C3ON(c4ccccc4)C(c4ccc(OC(F)(F)F)cc4)C3C2=O)cc1. The van der Waals surface area contributed by atoms with Crippen molar-refractivity contribution in [1.29, 1.82) is 0 Å². The summed E-state index contributed by atoms with van der Waals surface area (Å²) >= 11 is 0. The van der Waals surface area contributed by atoms with Crippen molar-refractivity contribution >= 4 is 23.2 Å². The van der Waals surface area contributed by atoms with Gasteiger partial charge in [-0.25, -0.2) is 9.96 Å². The maximum absolute atomic E-state index is 13.7. The molecule has 5 rings (SSSR count). The third kappa shape index (κ3) is 5.04. The van der Waals surface area contributed by atoms with Crippen LogP contribution in [0.15, 0.2) is 78.9 Å². The molecule has 2 heterocycles. The fourth-order valence-corrected chi connectivity index (χ4v) is 4.70. The number of rotatable bonds is 8. The number of hydroxylamine groups is 1. The second-order valence-electron chi connectivity index (χ2n) is 8.98. The molecule has 2 saturated heterocycles. The Hall–Kier alpha value is -4.05. The van der Waals surface area contributed by atoms with Crippen molar-refractivity contribution in [3.63, 3.8) is 0 Å². The monoisotopic (exact) mass is 526 g/mol. The van der Waals surface area contributed by atoms with E-state index in [2.05, 4.69) is 11.7 Å². The number of halogens is 3. The number of imide groups is 1. The van der Waals surface area contributed by atoms with Crippen LogP contribution in [0, 0.1) is 5.92 Å². The van der Waals surface area contributed by atoms with Crippen LogP contribution in [0.25, 0.3) is 0 Å². The van der Waals surface area contributed by atoms with Crippen LogP contribution < -0.4 is 19.4 Å². The number of nitrogens with zero attached hydrogens (tertiary/aromatic N) is 2. The second kappa shape index (κ2) is 10.4. The summed E-state index contributed by atoms with van der Waals surface area (Å²) < 4.78 is 47.6. The van der Waals surface area contributed by atoms with Crippen molar-refractivity contribution in [2.75, 3.05) is 16.6 Å². The highest BCUT2D eigenvalue weighted by molar-refractivity contribution is 6.23. The smallest absolute Gasteiger partial charge is 0.494 e. The Morgan fingerprint density at radius 2 is 1.50 bits per heavy atom. The summed E-state index contributed by atoms with van der Waals surface area (Å²) in [6.45, 7) is 2.63. The maximum Gasteiger partial charge on any atom is 0.573 e. The van der Waals surface area contributed by atoms with E-state index in [0.717, 1.165) is 17.7 Å². The molecule has 2 aliphatic heterocycles. The molecule has 0 radical (unpaired) electrons. The molecule has 0 spiro atoms. The van der Waals surface area contributed by atoms with Crippen LogP contribution >= 0.6 is 0 Å². The van der Waals surface area contributed by atoms with Gasteiger partial charge in [-0.15, -0.1) is 13.2 Å². The van der Waals surface area contributed by atoms with Crippen LogP contribution in [-0.2, 0) is 14.4 Å². The lowest BCUT2D eigenvalue weighted by atomic mass is 9.90. The summed E-state index contributed by atoms with van der Waals surface area (Å²) in [5.74, 6) is -1.65. The van der Waals surface area contributed by atoms with Crippen molar-refractivity contribution in [1.82, 2.24) is 0 Å². The van der Waals surface area contributed by atoms with Gasteiger partial charge < -0.3 is 9.47 Å². The first-order chi connectivity index (χ1) is 18.3. The van der Waals surface area contributed by atoms with Crippen LogP contribution in [0.1, 0.15) is 31.4 Å². The summed E-state index contributed by atoms with van der Waals surface area (Å²) in [6.07, 6.45) is -4.02. The minimum absolute atomic E-state index is 0.389. The zero-order valence-electron chi connectivity index (χ0n) is 20.4. The molecule has 7 nitrogen and oxygen atoms in total. The molecule has 198 valence electrons. The van der Waals surface area contributed by atoms with Crippen molar-refractivity contribution in [2.45, 2.75) is 38.3 Å². The fourth-order valence-electron chi connectivity index (χ4n) is 4.70. The molecule has 3 atom stereocenters. The Morgan fingerprint density at radius 3 is 2.13 bits per heavy atom. The number of hydrogen-bond donors (Lipinski definition) is 0. The van der Waals surface area contributed by atoms with E-state index in [1.807, 2.05) is 6.07 Å². The molecular weight excluding hydrogens is 501 g/mol. The highest BCUT2D eigenvalue weighted by atomic mass is 19.4. The molecule has 3 aromatic rings. The Morgan fingerprint density at radius 1 is 0.842 bits per heavy atom. The highest BCUT2D eigenvalue weighted by Crippen LogP contribution is 2.48. The summed E-state index contributed by atoms with van der Waals surface area (Å²) in [7, 11) is 0. The Bertz CT molecular complexity index is 1280. The largest absolute Gasteiger partial charge is 0.573 e. The molecule has 0 N–H and O–H groups in total. The number of benzene rings is 3. The topological polar surface area (TPSA) is 68.3 Å². The molecule has 0 bridgehead atoms. The van der Waals surface area contributed by atoms with Gasteiger partial charge >= 0.3 is 6.36 Å². The van der Waals surface area contributed by atoms with Gasteiger partial charge in [-0.05, 0) is 60.5 Å². The third-order valence-corrected chi connectivity index (χ3v) is 6.44. The molecule has 2 aliphatic rings. The molecule has 2 amide bonds. The lowest BCUT2D eigenvalue weighted by molar-refractivity contribution is -0.274. The van der Waals surface area contributed by atoms with E-state index in [4.69, 9.17) is 9.57 Å². The average Bonchev–Trinajstić information content (AvgIpc) is 3.41. The first-order valence-electron chi connectivity index (χ1n) is 12.2. The zero-order chi connectivity index (χ0) is 26.9. The standard InChI is InChI=1S/C28H25F3N2O5/c1-2-3-17-36-21-15-11-19(12-16-21)32-26(34)23-24(18-9-13-22(14-10-18)37-28(29,30)31)33(38-25(23)27(32)35)20-7-5-4-6-8-20/h4-16,23-25H,2-3,17H2,1H3. The van der Waals surface area contributed by atoms with Gasteiger partial charge in [0.05, 0.1) is 24.0 Å². The van der Waals surface area contributed by atoms with Crippen molar-refractivity contribution in [2.24, 2.45) is 5.92 Å². The van der Waals surface area contributed by atoms with Gasteiger partial charge in [-0.1, -0.05) is 43.7 Å². The third-order valence-electron chi connectivity index (χ3n) is 6.44. The summed E-state index contributed by atoms with van der Waals surface area (Å²) in [5.41, 5.74) is 1.49. The Balaban J connectivity index is 1.45. The Kier molecular flexibility index (Phi) is 6.98. The predicted molar refractivity (Wildman–Crippen MR) is 132 cm³/mol. The molecule has 0 aliphatic carbocycles. The number of fused-ring (bicyclic) bond motifs is 1. The number of anilines is 2. The summed E-state index contributed by atoms with van der Waals surface area (Å²) in [5, 5.41) is 1.48. The number of para-hydroxylation sites is 1. The lowest BCUT2D eigenvalue weighted by Gasteiger charge is -2.29. The van der Waals surface area contributed by atoms with Crippen LogP contribution in [0.5, 0.6) is 11.5 Å². The predicted octanol–water partition coefficient (Wildman–Crippen LogP) is 5.82. The fraction of sp³-hybridized carbons (Fsp3) is 0.286. The van der Waals surface area contributed by atoms with E-state index >= 15 is 0 Å². The first-order valence-corrected chi connectivity index (χ1v) is 12.2. The van der Waals surface area contributed by atoms with Crippen molar-refractivity contribution in [3.8, 4) is 11.5 Å². The van der Waals surface area contributed by atoms with Gasteiger partial charge in [-0.3, -0.25) is 14.4 Å². The van der Waals surface area contributed by atoms with E-state index in [9.17, 15) is 22.8 Å². The van der Waals surface area contributed by atoms with Gasteiger partial charge in [0.1, 0.15) is 17.4 Å². The summed E-state index contributed by atoms with van der Waals surface area (Å²) in [6, 6.07) is 20.1. The van der Waals surface area contributed by atoms with Crippen molar-refractivity contribution < 1.29 is 37.1 Å². The van der Waals surface area contributed by atoms with Gasteiger partial charge in [0.25, 0.3) is 5.91 Å². The number of carbonyl (C=O) groups excluding carboxylic acids is 2. The second-order valence-corrected chi connectivity index (χ2v) is 8.98. The van der Waals surface area contributed by atoms with Crippen LogP contribution in [0.3, 0.4) is 0 Å². The van der Waals surface area contributed by atoms with Crippen LogP contribution in [0.2, 0.25) is 0 Å². The van der Waals surface area contributed by atoms with Gasteiger partial charge in [0.2, 0.25) is 5.91 Å². The van der Waals surface area contributed by atoms with Gasteiger partial charge in [-0.2, -0.15) is 0 Å². The molecule has 0 saturated carbocycles. The van der Waals surface area contributed by atoms with Crippen LogP contribution in [-0.4, -0.2) is 30.9 Å². The minimum Gasteiger partial charge on any atom is -0.494 e. The zero-order valence-corrected chi connectivity index (χ0v) is 20.4. The molecular formula is C28H25F3N2O5. The number of ether oxygens (including phenoxy) is 2. The van der Waals surface area contributed by atoms with Crippen LogP contribution in [0.4, 0.5) is 24.5 Å². The quantitative estimate of drug-likeness (QED) is 0.272. The first kappa shape index (κ1) is 25.6. The van der Waals surface area contributed by atoms with E-state index in [1.54, 1.807) is 48.5 Å². The van der Waals surface area contributed by atoms with Gasteiger partial charge in [0.15, 0.2) is 6.10 Å². The minimum atomic E-state index is -4.83. The number of unbranched alkanes of at least 4 members (excludes halogenated alkanes) is 1. The molecule has 2 fully saturated rings. The highest BCUT2D eigenvalue weighted by Gasteiger charge is 2.60. The molecule has 3 aromatic carbocycles. The maximum atomic E-state index is 13.7. The van der Waals surface area contributed by atoms with Crippen molar-refractivity contribution in [3.05, 3.63) is 84.4 Å². The lowest BCUT2D eigenvalue weighted by Crippen LogP contribution is -2.37. The van der Waals surface area contributed by atoms with E-state index in [0.29, 0.717) is 29.3 Å². The molecule has 38 heavy (non-hydrogen) atoms. The molecule has 3 unspecified atom stereocenters. The molecule has 0 aromatic heterocycles. The number of amides is 2. The normalized spacial score (nSPS) is 21.1. The van der Waals surface area contributed by atoms with E-state index in [-0.39, 0.29) is 5.75 Å². The van der Waals surface area contributed by atoms with E-state index < -0.39 is 36.2 Å². The summed E-state index contributed by atoms with van der Waals surface area (Å²) in [4.78, 5) is 34.3.